The normalized spacial score (nSPS) is 22.1. The van der Waals surface area contributed by atoms with Gasteiger partial charge in [0.15, 0.2) is 0 Å². The Morgan fingerprint density at radius 1 is 1.68 bits per heavy atom. The van der Waals surface area contributed by atoms with E-state index in [2.05, 4.69) is 10.3 Å². The molecule has 0 bridgehead atoms. The number of carbonyl (C=O) groups is 2. The molecule has 2 heterocycles. The summed E-state index contributed by atoms with van der Waals surface area (Å²) in [4.78, 5) is 29.4. The van der Waals surface area contributed by atoms with Crippen LogP contribution in [0.4, 0.5) is 0 Å². The molecule has 0 aliphatic carbocycles. The first-order valence-electron chi connectivity index (χ1n) is 5.95. The second-order valence-electron chi connectivity index (χ2n) is 4.42. The van der Waals surface area contributed by atoms with Gasteiger partial charge in [0.25, 0.3) is 0 Å². The lowest BCUT2D eigenvalue weighted by atomic mass is 9.94. The largest absolute Gasteiger partial charge is 0.343 e. The highest BCUT2D eigenvalue weighted by atomic mass is 16.2. The van der Waals surface area contributed by atoms with Gasteiger partial charge in [-0.2, -0.15) is 5.26 Å². The second kappa shape index (κ2) is 5.48. The molecule has 6 nitrogen and oxygen atoms in total. The third-order valence-corrected chi connectivity index (χ3v) is 3.29. The number of amides is 2. The van der Waals surface area contributed by atoms with E-state index in [1.165, 1.54) is 0 Å². The van der Waals surface area contributed by atoms with Crippen molar-refractivity contribution in [1.82, 2.24) is 15.2 Å². The minimum absolute atomic E-state index is 0.0486. The second-order valence-corrected chi connectivity index (χ2v) is 4.42. The summed E-state index contributed by atoms with van der Waals surface area (Å²) in [6.07, 6.45) is 3.46. The van der Waals surface area contributed by atoms with Gasteiger partial charge in [-0.3, -0.25) is 14.6 Å². The van der Waals surface area contributed by atoms with Crippen molar-refractivity contribution in [3.63, 3.8) is 0 Å². The van der Waals surface area contributed by atoms with Crippen LogP contribution in [-0.2, 0) is 9.59 Å². The molecule has 98 valence electrons. The van der Waals surface area contributed by atoms with Gasteiger partial charge < -0.3 is 10.2 Å². The standard InChI is InChI=1S/C13H14N4O2/c1-17-11(18)7-10(13(19)16-6-4-14)12(17)9-3-2-5-15-8-9/h2-3,5,8,10,12H,6-7H2,1H3,(H,16,19)/t10-,12+/m0/s1. The van der Waals surface area contributed by atoms with Gasteiger partial charge in [-0.05, 0) is 11.6 Å². The Hall–Kier alpha value is -2.42. The fourth-order valence-corrected chi connectivity index (χ4v) is 2.37. The fourth-order valence-electron chi connectivity index (χ4n) is 2.37. The Balaban J connectivity index is 2.25. The number of aromatic nitrogens is 1. The van der Waals surface area contributed by atoms with Crippen LogP contribution in [0.15, 0.2) is 24.5 Å². The number of rotatable bonds is 3. The van der Waals surface area contributed by atoms with E-state index in [-0.39, 0.29) is 30.8 Å². The van der Waals surface area contributed by atoms with Gasteiger partial charge in [0, 0.05) is 25.9 Å². The lowest BCUT2D eigenvalue weighted by molar-refractivity contribution is -0.128. The predicted octanol–water partition coefficient (Wildman–Crippen LogP) is 0.241. The van der Waals surface area contributed by atoms with Crippen molar-refractivity contribution in [3.05, 3.63) is 30.1 Å². The molecule has 1 saturated heterocycles. The van der Waals surface area contributed by atoms with Crippen molar-refractivity contribution in [2.24, 2.45) is 5.92 Å². The van der Waals surface area contributed by atoms with Crippen molar-refractivity contribution in [2.75, 3.05) is 13.6 Å². The first-order chi connectivity index (χ1) is 9.15. The number of likely N-dealkylation sites (tertiary alicyclic amines) is 1. The van der Waals surface area contributed by atoms with Crippen molar-refractivity contribution in [3.8, 4) is 6.07 Å². The highest BCUT2D eigenvalue weighted by Crippen LogP contribution is 2.36. The molecular formula is C13H14N4O2. The summed E-state index contributed by atoms with van der Waals surface area (Å²) in [6, 6.07) is 5.16. The summed E-state index contributed by atoms with van der Waals surface area (Å²) in [6.45, 7) is -0.0486. The molecule has 1 fully saturated rings. The zero-order valence-corrected chi connectivity index (χ0v) is 10.5. The third kappa shape index (κ3) is 2.55. The Morgan fingerprint density at radius 3 is 3.11 bits per heavy atom. The lowest BCUT2D eigenvalue weighted by Gasteiger charge is -2.24. The molecule has 2 amide bonds. The number of hydrogen-bond acceptors (Lipinski definition) is 4. The minimum atomic E-state index is -0.477. The van der Waals surface area contributed by atoms with Crippen molar-refractivity contribution in [1.29, 1.82) is 5.26 Å². The van der Waals surface area contributed by atoms with Gasteiger partial charge in [-0.1, -0.05) is 6.07 Å². The number of nitrogens with one attached hydrogen (secondary N) is 1. The lowest BCUT2D eigenvalue weighted by Crippen LogP contribution is -2.34. The van der Waals surface area contributed by atoms with Crippen molar-refractivity contribution < 1.29 is 9.59 Å². The van der Waals surface area contributed by atoms with Crippen LogP contribution >= 0.6 is 0 Å². The Morgan fingerprint density at radius 2 is 2.47 bits per heavy atom. The Bertz CT molecular complexity index is 523. The molecule has 2 rings (SSSR count). The maximum Gasteiger partial charge on any atom is 0.226 e. The molecule has 6 heteroatoms. The van der Waals surface area contributed by atoms with Crippen LogP contribution < -0.4 is 5.32 Å². The zero-order chi connectivity index (χ0) is 13.8. The molecule has 1 N–H and O–H groups in total. The number of pyridine rings is 1. The number of nitriles is 1. The van der Waals surface area contributed by atoms with E-state index in [0.717, 1.165) is 5.56 Å². The Kier molecular flexibility index (Phi) is 3.76. The maximum absolute atomic E-state index is 12.0. The first-order valence-corrected chi connectivity index (χ1v) is 5.95. The number of hydrogen-bond donors (Lipinski definition) is 1. The summed E-state index contributed by atoms with van der Waals surface area (Å²) in [5, 5.41) is 11.0. The van der Waals surface area contributed by atoms with Gasteiger partial charge in [-0.15, -0.1) is 0 Å². The third-order valence-electron chi connectivity index (χ3n) is 3.29. The molecule has 0 aromatic carbocycles. The molecule has 19 heavy (non-hydrogen) atoms. The van der Waals surface area contributed by atoms with E-state index >= 15 is 0 Å². The summed E-state index contributed by atoms with van der Waals surface area (Å²) in [5.74, 6) is -0.825. The number of carbonyl (C=O) groups excluding carboxylic acids is 2. The van der Waals surface area contributed by atoms with E-state index in [1.807, 2.05) is 12.1 Å². The Labute approximate surface area is 111 Å². The van der Waals surface area contributed by atoms with E-state index in [0.29, 0.717) is 0 Å². The van der Waals surface area contributed by atoms with Gasteiger partial charge in [-0.25, -0.2) is 0 Å². The van der Waals surface area contributed by atoms with Gasteiger partial charge in [0.1, 0.15) is 6.54 Å². The van der Waals surface area contributed by atoms with Crippen LogP contribution in [0.25, 0.3) is 0 Å². The number of nitrogens with zero attached hydrogens (tertiary/aromatic N) is 3. The molecule has 2 atom stereocenters. The quantitative estimate of drug-likeness (QED) is 0.787. The summed E-state index contributed by atoms with van der Waals surface area (Å²) < 4.78 is 0. The predicted molar refractivity (Wildman–Crippen MR) is 66.5 cm³/mol. The molecule has 1 aromatic rings. The first kappa shape index (κ1) is 13.0. The van der Waals surface area contributed by atoms with Gasteiger partial charge >= 0.3 is 0 Å². The summed E-state index contributed by atoms with van der Waals surface area (Å²) >= 11 is 0. The fraction of sp³-hybridized carbons (Fsp3) is 0.385. The van der Waals surface area contributed by atoms with Crippen molar-refractivity contribution in [2.45, 2.75) is 12.5 Å². The highest BCUT2D eigenvalue weighted by Gasteiger charge is 2.42. The average Bonchev–Trinajstić information content (AvgIpc) is 2.73. The van der Waals surface area contributed by atoms with Crippen LogP contribution in [0.1, 0.15) is 18.0 Å². The molecule has 0 saturated carbocycles. The van der Waals surface area contributed by atoms with E-state index in [4.69, 9.17) is 5.26 Å². The summed E-state index contributed by atoms with van der Waals surface area (Å²) in [7, 11) is 1.68. The van der Waals surface area contributed by atoms with Gasteiger partial charge in [0.05, 0.1) is 18.0 Å². The molecule has 0 unspecified atom stereocenters. The maximum atomic E-state index is 12.0. The molecule has 0 radical (unpaired) electrons. The molecule has 1 aromatic heterocycles. The monoisotopic (exact) mass is 258 g/mol. The van der Waals surface area contributed by atoms with Gasteiger partial charge in [0.2, 0.25) is 11.8 Å². The van der Waals surface area contributed by atoms with Crippen LogP contribution in [0.2, 0.25) is 0 Å². The van der Waals surface area contributed by atoms with E-state index in [1.54, 1.807) is 30.4 Å². The molecule has 1 aliphatic rings. The highest BCUT2D eigenvalue weighted by molar-refractivity contribution is 5.90. The summed E-state index contributed by atoms with van der Waals surface area (Å²) in [5.41, 5.74) is 0.827. The van der Waals surface area contributed by atoms with E-state index < -0.39 is 5.92 Å². The minimum Gasteiger partial charge on any atom is -0.343 e. The molecular weight excluding hydrogens is 244 g/mol. The average molecular weight is 258 g/mol. The van der Waals surface area contributed by atoms with Crippen LogP contribution in [-0.4, -0.2) is 35.3 Å². The van der Waals surface area contributed by atoms with Crippen LogP contribution in [0.5, 0.6) is 0 Å². The SMILES string of the molecule is CN1C(=O)C[C@H](C(=O)NCC#N)[C@H]1c1cccnc1. The van der Waals surface area contributed by atoms with E-state index in [9.17, 15) is 9.59 Å². The molecule has 1 aliphatic heterocycles. The smallest absolute Gasteiger partial charge is 0.226 e. The van der Waals surface area contributed by atoms with Crippen molar-refractivity contribution >= 4 is 11.8 Å². The topological polar surface area (TPSA) is 86.1 Å². The van der Waals surface area contributed by atoms with Crippen LogP contribution in [0, 0.1) is 17.2 Å². The zero-order valence-electron chi connectivity index (χ0n) is 10.5. The molecule has 0 spiro atoms. The van der Waals surface area contributed by atoms with Crippen LogP contribution in [0.3, 0.4) is 0 Å².